The normalized spacial score (nSPS) is 38.7. The van der Waals surface area contributed by atoms with E-state index >= 15 is 0 Å². The number of fused-ring (bicyclic) bond motifs is 1. The molecule has 5 atom stereocenters. The molecule has 35 heavy (non-hydrogen) atoms. The molecule has 3 fully saturated rings. The Morgan fingerprint density at radius 1 is 1.20 bits per heavy atom. The summed E-state index contributed by atoms with van der Waals surface area (Å²) in [6, 6.07) is 4.43. The fourth-order valence-electron chi connectivity index (χ4n) is 7.78. The van der Waals surface area contributed by atoms with Gasteiger partial charge >= 0.3 is 0 Å². The van der Waals surface area contributed by atoms with Crippen molar-refractivity contribution in [3.05, 3.63) is 35.9 Å². The van der Waals surface area contributed by atoms with Crippen LogP contribution in [0.15, 0.2) is 24.8 Å². The van der Waals surface area contributed by atoms with Crippen LogP contribution in [-0.2, 0) is 21.3 Å². The molecule has 0 aromatic heterocycles. The Labute approximate surface area is 210 Å². The fourth-order valence-corrected chi connectivity index (χ4v) is 8.80. The second-order valence-corrected chi connectivity index (χ2v) is 18.1. The summed E-state index contributed by atoms with van der Waals surface area (Å²) >= 11 is 0. The second kappa shape index (κ2) is 7.13. The summed E-state index contributed by atoms with van der Waals surface area (Å²) in [5, 5.41) is 12.9. The number of likely N-dealkylation sites (tertiary alicyclic amines) is 1. The van der Waals surface area contributed by atoms with E-state index < -0.39 is 25.1 Å². The van der Waals surface area contributed by atoms with Crippen LogP contribution in [0.4, 0.5) is 0 Å². The zero-order valence-corrected chi connectivity index (χ0v) is 23.3. The highest BCUT2D eigenvalue weighted by atomic mass is 28.4. The maximum atomic E-state index is 12.8. The van der Waals surface area contributed by atoms with Crippen LogP contribution in [0.2, 0.25) is 18.1 Å². The zero-order valence-electron chi connectivity index (χ0n) is 22.3. The first-order chi connectivity index (χ1) is 16.3. The van der Waals surface area contributed by atoms with E-state index in [1.165, 1.54) is 11.1 Å². The molecule has 3 heterocycles. The van der Waals surface area contributed by atoms with Gasteiger partial charge in [-0.25, -0.2) is 0 Å². The first kappa shape index (κ1) is 24.0. The fraction of sp³-hybridized carbons (Fsp3) is 0.714. The minimum Gasteiger partial charge on any atom is -0.541 e. The molecule has 1 saturated carbocycles. The van der Waals surface area contributed by atoms with Gasteiger partial charge in [-0.15, -0.1) is 0 Å². The number of quaternary nitrogens is 1. The van der Waals surface area contributed by atoms with Gasteiger partial charge < -0.3 is 28.2 Å². The monoisotopic (exact) mass is 500 g/mol. The van der Waals surface area contributed by atoms with Crippen molar-refractivity contribution < 1.29 is 28.2 Å². The highest BCUT2D eigenvalue weighted by Gasteiger charge is 2.80. The third kappa shape index (κ3) is 2.85. The summed E-state index contributed by atoms with van der Waals surface area (Å²) in [4.78, 5) is 0. The minimum atomic E-state index is -2.10. The molecule has 2 bridgehead atoms. The van der Waals surface area contributed by atoms with Gasteiger partial charge in [0.25, 0.3) is 8.32 Å². The van der Waals surface area contributed by atoms with Crippen molar-refractivity contribution in [2.75, 3.05) is 33.4 Å². The Balaban J connectivity index is 1.56. The first-order valence-electron chi connectivity index (χ1n) is 13.3. The van der Waals surface area contributed by atoms with Gasteiger partial charge in [0.1, 0.15) is 17.4 Å². The topological polar surface area (TPSA) is 57.2 Å². The van der Waals surface area contributed by atoms with E-state index in [9.17, 15) is 5.11 Å². The van der Waals surface area contributed by atoms with Crippen molar-refractivity contribution in [3.63, 3.8) is 0 Å². The highest BCUT2D eigenvalue weighted by Crippen LogP contribution is 2.69. The van der Waals surface area contributed by atoms with Crippen LogP contribution >= 0.6 is 0 Å². The molecular formula is C28H42NO5Si+. The molecule has 5 aliphatic rings. The lowest BCUT2D eigenvalue weighted by Gasteiger charge is -2.66. The summed E-state index contributed by atoms with van der Waals surface area (Å²) in [5.74, 6) is 0.842. The highest BCUT2D eigenvalue weighted by molar-refractivity contribution is 6.74. The van der Waals surface area contributed by atoms with Crippen LogP contribution in [0, 0.1) is 0 Å². The smallest absolute Gasteiger partial charge is 0.250 e. The van der Waals surface area contributed by atoms with Gasteiger partial charge in [0.2, 0.25) is 5.79 Å². The van der Waals surface area contributed by atoms with Crippen LogP contribution in [0.3, 0.4) is 0 Å². The number of likely N-dealkylation sites (N-methyl/N-ethyl adjacent to an activating group) is 1. The molecule has 0 radical (unpaired) electrons. The lowest BCUT2D eigenvalue weighted by molar-refractivity contribution is -0.944. The number of benzene rings is 1. The standard InChI is InChI=1S/C28H42NO5Si/c1-8-14-29(5)15-13-26-22-19-9-10-20(34-35(6,7)25(2,3)4)23(22)33-24(26)28(31-16-17-32-28)12-11-27(26,30)21(29)18-19/h8-10,21,24,30H,1,11-18H2,2-7H3/q+1/t21?,24?,26?,27-,29+/m1/s1. The predicted octanol–water partition coefficient (Wildman–Crippen LogP) is 4.30. The van der Waals surface area contributed by atoms with Gasteiger partial charge in [-0.2, -0.15) is 0 Å². The quantitative estimate of drug-likeness (QED) is 0.380. The van der Waals surface area contributed by atoms with E-state index in [1.807, 2.05) is 6.08 Å². The van der Waals surface area contributed by atoms with Gasteiger partial charge in [0.15, 0.2) is 11.9 Å². The molecule has 1 aromatic rings. The van der Waals surface area contributed by atoms with Gasteiger partial charge in [-0.05, 0) is 42.3 Å². The van der Waals surface area contributed by atoms with Crippen LogP contribution in [-0.4, -0.2) is 74.8 Å². The van der Waals surface area contributed by atoms with E-state index in [0.717, 1.165) is 41.9 Å². The van der Waals surface area contributed by atoms with Gasteiger partial charge in [-0.3, -0.25) is 0 Å². The van der Waals surface area contributed by atoms with E-state index in [4.69, 9.17) is 18.6 Å². The average Bonchev–Trinajstić information content (AvgIpc) is 3.38. The molecule has 7 heteroatoms. The number of aliphatic hydroxyl groups is 1. The molecule has 1 aromatic carbocycles. The minimum absolute atomic E-state index is 0.0683. The van der Waals surface area contributed by atoms with Crippen LogP contribution in [0.5, 0.6) is 11.5 Å². The molecule has 3 unspecified atom stereocenters. The first-order valence-corrected chi connectivity index (χ1v) is 16.2. The molecule has 2 saturated heterocycles. The molecule has 2 spiro atoms. The van der Waals surface area contributed by atoms with E-state index in [0.29, 0.717) is 26.1 Å². The van der Waals surface area contributed by atoms with Crippen molar-refractivity contribution in [3.8, 4) is 11.5 Å². The van der Waals surface area contributed by atoms with Crippen molar-refractivity contribution in [2.24, 2.45) is 0 Å². The molecule has 3 aliphatic heterocycles. The Hall–Kier alpha value is -1.38. The van der Waals surface area contributed by atoms with E-state index in [-0.39, 0.29) is 17.2 Å². The van der Waals surface area contributed by atoms with Crippen LogP contribution in [0.25, 0.3) is 0 Å². The molecule has 6 nitrogen and oxygen atoms in total. The van der Waals surface area contributed by atoms with E-state index in [1.54, 1.807) is 0 Å². The molecule has 6 rings (SSSR count). The maximum absolute atomic E-state index is 12.8. The number of nitrogens with zero attached hydrogens (tertiary/aromatic N) is 1. The van der Waals surface area contributed by atoms with Gasteiger partial charge in [-0.1, -0.05) is 33.4 Å². The summed E-state index contributed by atoms with van der Waals surface area (Å²) in [7, 11) is 0.188. The Morgan fingerprint density at radius 3 is 2.57 bits per heavy atom. The number of ether oxygens (including phenoxy) is 3. The Kier molecular flexibility index (Phi) is 4.89. The molecule has 2 aliphatic carbocycles. The van der Waals surface area contributed by atoms with Crippen LogP contribution in [0.1, 0.15) is 51.2 Å². The molecule has 1 N–H and O–H groups in total. The molecule has 0 amide bonds. The largest absolute Gasteiger partial charge is 0.541 e. The molecular weight excluding hydrogens is 458 g/mol. The van der Waals surface area contributed by atoms with Crippen molar-refractivity contribution >= 4 is 8.32 Å². The average molecular weight is 501 g/mol. The second-order valence-electron chi connectivity index (χ2n) is 13.3. The lowest BCUT2D eigenvalue weighted by atomic mass is 9.47. The lowest BCUT2D eigenvalue weighted by Crippen LogP contribution is -2.82. The number of rotatable bonds is 4. The van der Waals surface area contributed by atoms with Gasteiger partial charge in [0.05, 0.1) is 38.8 Å². The zero-order chi connectivity index (χ0) is 25.1. The number of hydrogen-bond donors (Lipinski definition) is 1. The third-order valence-corrected chi connectivity index (χ3v) is 14.9. The SMILES string of the molecule is C=CC[N@@+]1(C)CCC23c4c5ccc(O[Si](C)(C)C(C)(C)C)c4OC2C2(CC[C@@]3(O)C1C5)OCCO2. The predicted molar refractivity (Wildman–Crippen MR) is 137 cm³/mol. The molecule has 192 valence electrons. The van der Waals surface area contributed by atoms with Crippen molar-refractivity contribution in [2.45, 2.75) is 93.5 Å². The Bertz CT molecular complexity index is 1080. The number of piperidine rings is 1. The summed E-state index contributed by atoms with van der Waals surface area (Å²) in [6.07, 6.45) is 4.57. The summed E-state index contributed by atoms with van der Waals surface area (Å²) < 4.78 is 27.3. The summed E-state index contributed by atoms with van der Waals surface area (Å²) in [5.41, 5.74) is 0.986. The van der Waals surface area contributed by atoms with Crippen molar-refractivity contribution in [1.82, 2.24) is 0 Å². The van der Waals surface area contributed by atoms with Gasteiger partial charge in [0, 0.05) is 24.8 Å². The number of hydrogen-bond acceptors (Lipinski definition) is 5. The summed E-state index contributed by atoms with van der Waals surface area (Å²) in [6.45, 7) is 18.3. The third-order valence-electron chi connectivity index (χ3n) is 10.6. The van der Waals surface area contributed by atoms with Crippen molar-refractivity contribution in [1.29, 1.82) is 0 Å². The van der Waals surface area contributed by atoms with Crippen LogP contribution < -0.4 is 9.16 Å². The van der Waals surface area contributed by atoms with E-state index in [2.05, 4.69) is 59.6 Å². The maximum Gasteiger partial charge on any atom is 0.250 e. The Morgan fingerprint density at radius 2 is 1.91 bits per heavy atom.